The van der Waals surface area contributed by atoms with Crippen molar-refractivity contribution in [2.24, 2.45) is 13.0 Å². The van der Waals surface area contributed by atoms with E-state index >= 15 is 0 Å². The number of fused-ring (bicyclic) bond motifs is 1. The first-order valence-electron chi connectivity index (χ1n) is 12.1. The number of aliphatic hydroxyl groups is 1. The molecule has 0 bridgehead atoms. The Labute approximate surface area is 217 Å². The molecule has 2 heterocycles. The van der Waals surface area contributed by atoms with Crippen LogP contribution in [0.5, 0.6) is 5.75 Å². The Morgan fingerprint density at radius 3 is 2.62 bits per heavy atom. The van der Waals surface area contributed by atoms with Gasteiger partial charge in [0.25, 0.3) is 15.9 Å². The minimum Gasteiger partial charge on any atom is -0.487 e. The number of nitrogens with one attached hydrogen (secondary N) is 2. The number of ether oxygens (including phenoxy) is 1. The van der Waals surface area contributed by atoms with Gasteiger partial charge in [0.15, 0.2) is 5.03 Å². The van der Waals surface area contributed by atoms with Crippen LogP contribution in [0.15, 0.2) is 35.7 Å². The van der Waals surface area contributed by atoms with E-state index in [0.717, 1.165) is 0 Å². The molecule has 1 aromatic carbocycles. The van der Waals surface area contributed by atoms with E-state index in [2.05, 4.69) is 15.0 Å². The molecule has 1 aliphatic heterocycles. The number of amides is 3. The Kier molecular flexibility index (Phi) is 8.69. The van der Waals surface area contributed by atoms with Gasteiger partial charge in [-0.3, -0.25) is 9.52 Å². The molecule has 1 aliphatic rings. The number of aryl methyl sites for hydroxylation is 1. The van der Waals surface area contributed by atoms with Gasteiger partial charge >= 0.3 is 6.03 Å². The molecule has 204 valence electrons. The maximum Gasteiger partial charge on any atom is 0.317 e. The zero-order chi connectivity index (χ0) is 27.5. The van der Waals surface area contributed by atoms with Crippen LogP contribution < -0.4 is 14.8 Å². The minimum atomic E-state index is -3.98. The lowest BCUT2D eigenvalue weighted by Crippen LogP contribution is -2.51. The number of benzene rings is 1. The maximum absolute atomic E-state index is 13.6. The van der Waals surface area contributed by atoms with E-state index in [4.69, 9.17) is 4.74 Å². The summed E-state index contributed by atoms with van der Waals surface area (Å²) in [4.78, 5) is 33.0. The molecule has 13 heteroatoms. The van der Waals surface area contributed by atoms with Crippen LogP contribution in [0.3, 0.4) is 0 Å². The second-order valence-corrected chi connectivity index (χ2v) is 11.4. The number of hydrogen-bond donors (Lipinski definition) is 3. The number of imidazole rings is 1. The molecule has 3 N–H and O–H groups in total. The van der Waals surface area contributed by atoms with Crippen molar-refractivity contribution < 1.29 is 27.9 Å². The number of urea groups is 1. The molecule has 12 nitrogen and oxygen atoms in total. The lowest BCUT2D eigenvalue weighted by Gasteiger charge is -2.38. The number of nitrogens with zero attached hydrogens (tertiary/aromatic N) is 4. The van der Waals surface area contributed by atoms with E-state index in [1.54, 1.807) is 25.9 Å². The van der Waals surface area contributed by atoms with Crippen LogP contribution in [0.4, 0.5) is 10.5 Å². The van der Waals surface area contributed by atoms with E-state index in [0.29, 0.717) is 0 Å². The molecule has 0 saturated heterocycles. The van der Waals surface area contributed by atoms with Crippen molar-refractivity contribution in [1.29, 1.82) is 0 Å². The van der Waals surface area contributed by atoms with E-state index in [9.17, 15) is 23.1 Å². The zero-order valence-corrected chi connectivity index (χ0v) is 22.8. The van der Waals surface area contributed by atoms with Crippen LogP contribution in [0, 0.1) is 5.92 Å². The Balaban J connectivity index is 1.96. The Morgan fingerprint density at radius 2 is 2.03 bits per heavy atom. The predicted octanol–water partition coefficient (Wildman–Crippen LogP) is 1.49. The molecule has 0 unspecified atom stereocenters. The third-order valence-electron chi connectivity index (χ3n) is 6.09. The van der Waals surface area contributed by atoms with Crippen LogP contribution in [0.25, 0.3) is 0 Å². The van der Waals surface area contributed by atoms with Gasteiger partial charge in [-0.15, -0.1) is 0 Å². The monoisotopic (exact) mass is 536 g/mol. The van der Waals surface area contributed by atoms with Gasteiger partial charge in [-0.1, -0.05) is 6.92 Å². The largest absolute Gasteiger partial charge is 0.487 e. The standard InChI is InChI=1S/C24H36N6O6S/c1-15(2)26-24(33)29(6)11-21-16(3)10-30(17(4)13-31)23(32)19-9-18(7-8-20(19)36-21)27-37(34,35)22-12-28(5)14-25-22/h7-9,12,14-17,21,27,31H,10-11,13H2,1-6H3,(H,26,33)/t16-,17+,21-/m1/s1. The van der Waals surface area contributed by atoms with Crippen molar-refractivity contribution in [3.63, 3.8) is 0 Å². The minimum absolute atomic E-state index is 0.0295. The van der Waals surface area contributed by atoms with Crippen molar-refractivity contribution in [3.8, 4) is 5.75 Å². The van der Waals surface area contributed by atoms with E-state index in [1.807, 2.05) is 20.8 Å². The maximum atomic E-state index is 13.6. The highest BCUT2D eigenvalue weighted by atomic mass is 32.2. The molecule has 1 aromatic heterocycles. The topological polar surface area (TPSA) is 146 Å². The van der Waals surface area contributed by atoms with Gasteiger partial charge in [0, 0.05) is 44.5 Å². The fraction of sp³-hybridized carbons (Fsp3) is 0.542. The van der Waals surface area contributed by atoms with Gasteiger partial charge in [0.2, 0.25) is 0 Å². The number of aromatic nitrogens is 2. The first kappa shape index (κ1) is 28.3. The molecule has 0 radical (unpaired) electrons. The molecular weight excluding hydrogens is 500 g/mol. The summed E-state index contributed by atoms with van der Waals surface area (Å²) < 4.78 is 35.8. The lowest BCUT2D eigenvalue weighted by molar-refractivity contribution is 0.0366. The molecule has 2 aromatic rings. The van der Waals surface area contributed by atoms with Crippen LogP contribution in [-0.4, -0.2) is 89.7 Å². The number of carbonyl (C=O) groups is 2. The Morgan fingerprint density at radius 1 is 1.32 bits per heavy atom. The summed E-state index contributed by atoms with van der Waals surface area (Å²) in [7, 11) is -0.654. The van der Waals surface area contributed by atoms with Crippen molar-refractivity contribution in [2.75, 3.05) is 31.5 Å². The number of hydrogen-bond acceptors (Lipinski definition) is 7. The molecule has 0 fully saturated rings. The van der Waals surface area contributed by atoms with Gasteiger partial charge in [-0.2, -0.15) is 8.42 Å². The van der Waals surface area contributed by atoms with Crippen LogP contribution in [-0.2, 0) is 17.1 Å². The third kappa shape index (κ3) is 6.72. The highest BCUT2D eigenvalue weighted by molar-refractivity contribution is 7.92. The average molecular weight is 537 g/mol. The summed E-state index contributed by atoms with van der Waals surface area (Å²) in [5.74, 6) is -0.315. The normalized spacial score (nSPS) is 18.9. The summed E-state index contributed by atoms with van der Waals surface area (Å²) >= 11 is 0. The Bertz CT molecular complexity index is 1230. The summed E-state index contributed by atoms with van der Waals surface area (Å²) in [6, 6.07) is 3.69. The number of aliphatic hydroxyl groups excluding tert-OH is 1. The Hall–Kier alpha value is -3.32. The number of anilines is 1. The number of likely N-dealkylation sites (N-methyl/N-ethyl adjacent to an activating group) is 1. The zero-order valence-electron chi connectivity index (χ0n) is 22.0. The second kappa shape index (κ2) is 11.4. The molecule has 3 atom stereocenters. The van der Waals surface area contributed by atoms with Crippen molar-refractivity contribution in [2.45, 2.75) is 50.9 Å². The fourth-order valence-corrected chi connectivity index (χ4v) is 4.98. The smallest absolute Gasteiger partial charge is 0.317 e. The third-order valence-corrected chi connectivity index (χ3v) is 7.35. The molecular formula is C24H36N6O6S. The lowest BCUT2D eigenvalue weighted by atomic mass is 9.99. The molecule has 3 amide bonds. The highest BCUT2D eigenvalue weighted by Crippen LogP contribution is 2.31. The summed E-state index contributed by atoms with van der Waals surface area (Å²) in [5, 5.41) is 12.5. The number of carbonyl (C=O) groups excluding carboxylic acids is 2. The molecule has 37 heavy (non-hydrogen) atoms. The van der Waals surface area contributed by atoms with Gasteiger partial charge < -0.3 is 29.5 Å². The quantitative estimate of drug-likeness (QED) is 0.463. The van der Waals surface area contributed by atoms with Crippen molar-refractivity contribution in [1.82, 2.24) is 24.7 Å². The predicted molar refractivity (Wildman–Crippen MR) is 138 cm³/mol. The number of sulfonamides is 1. The molecule has 0 aliphatic carbocycles. The number of rotatable bonds is 8. The molecule has 0 saturated carbocycles. The summed E-state index contributed by atoms with van der Waals surface area (Å²) in [5.41, 5.74) is 0.310. The SMILES string of the molecule is CC(C)NC(=O)N(C)C[C@H]1Oc2ccc(NS(=O)(=O)c3cn(C)cn3)cc2C(=O)N([C@@H](C)CO)C[C@H]1C. The highest BCUT2D eigenvalue weighted by Gasteiger charge is 2.34. The summed E-state index contributed by atoms with van der Waals surface area (Å²) in [6.45, 7) is 7.67. The van der Waals surface area contributed by atoms with Crippen molar-refractivity contribution in [3.05, 3.63) is 36.3 Å². The van der Waals surface area contributed by atoms with E-state index < -0.39 is 28.1 Å². The van der Waals surface area contributed by atoms with Gasteiger partial charge in [-0.25, -0.2) is 9.78 Å². The molecule has 3 rings (SSSR count). The van der Waals surface area contributed by atoms with E-state index in [1.165, 1.54) is 40.2 Å². The van der Waals surface area contributed by atoms with Crippen LogP contribution >= 0.6 is 0 Å². The van der Waals surface area contributed by atoms with Crippen LogP contribution in [0.1, 0.15) is 38.1 Å². The first-order chi connectivity index (χ1) is 17.3. The van der Waals surface area contributed by atoms with Crippen LogP contribution in [0.2, 0.25) is 0 Å². The van der Waals surface area contributed by atoms with Gasteiger partial charge in [-0.05, 0) is 39.0 Å². The fourth-order valence-electron chi connectivity index (χ4n) is 3.95. The first-order valence-corrected chi connectivity index (χ1v) is 13.6. The van der Waals surface area contributed by atoms with E-state index in [-0.39, 0.29) is 59.7 Å². The second-order valence-electron chi connectivity index (χ2n) is 9.80. The van der Waals surface area contributed by atoms with Gasteiger partial charge in [0.1, 0.15) is 11.9 Å². The summed E-state index contributed by atoms with van der Waals surface area (Å²) in [6.07, 6.45) is 2.27. The van der Waals surface area contributed by atoms with Crippen molar-refractivity contribution >= 4 is 27.6 Å². The molecule has 0 spiro atoms. The average Bonchev–Trinajstić information content (AvgIpc) is 3.27. The van der Waals surface area contributed by atoms with Gasteiger partial charge in [0.05, 0.1) is 31.1 Å².